The van der Waals surface area contributed by atoms with Crippen LogP contribution in [-0.4, -0.2) is 44.7 Å². The van der Waals surface area contributed by atoms with E-state index in [1.54, 1.807) is 24.0 Å². The number of nitrogens with zero attached hydrogens (tertiary/aromatic N) is 3. The Bertz CT molecular complexity index is 379. The Morgan fingerprint density at radius 1 is 1.50 bits per heavy atom. The topological polar surface area (TPSA) is 109 Å². The van der Waals surface area contributed by atoms with Crippen molar-refractivity contribution in [2.24, 2.45) is 0 Å². The smallest absolute Gasteiger partial charge is 0.315 e. The van der Waals surface area contributed by atoms with Crippen LogP contribution in [0.3, 0.4) is 0 Å². The van der Waals surface area contributed by atoms with E-state index < -0.39 is 12.0 Å². The van der Waals surface area contributed by atoms with Crippen molar-refractivity contribution in [3.63, 3.8) is 0 Å². The van der Waals surface area contributed by atoms with Crippen molar-refractivity contribution in [1.82, 2.24) is 25.6 Å². The van der Waals surface area contributed by atoms with E-state index in [-0.39, 0.29) is 12.5 Å². The number of aliphatic carboxylic acids is 1. The van der Waals surface area contributed by atoms with Gasteiger partial charge in [-0.25, -0.2) is 4.79 Å². The Morgan fingerprint density at radius 3 is 2.89 bits per heavy atom. The summed E-state index contributed by atoms with van der Waals surface area (Å²) >= 11 is 0. The summed E-state index contributed by atoms with van der Waals surface area (Å²) in [5.74, 6) is -0.936. The van der Waals surface area contributed by atoms with Gasteiger partial charge in [0.05, 0.1) is 12.6 Å². The van der Waals surface area contributed by atoms with Gasteiger partial charge in [0.2, 0.25) is 0 Å². The van der Waals surface area contributed by atoms with Crippen LogP contribution in [0.15, 0.2) is 12.4 Å². The molecule has 0 fully saturated rings. The molecule has 1 aromatic heterocycles. The van der Waals surface area contributed by atoms with E-state index in [0.717, 1.165) is 6.42 Å². The number of carboxylic acid groups (broad SMARTS) is 1. The molecular formula is C10H17N5O3. The molecule has 0 aliphatic carbocycles. The van der Waals surface area contributed by atoms with Crippen molar-refractivity contribution in [3.05, 3.63) is 12.4 Å². The minimum absolute atomic E-state index is 0.0909. The van der Waals surface area contributed by atoms with Crippen LogP contribution in [0.25, 0.3) is 0 Å². The third-order valence-corrected chi connectivity index (χ3v) is 2.18. The number of carboxylic acids is 1. The first-order valence-corrected chi connectivity index (χ1v) is 5.68. The van der Waals surface area contributed by atoms with Gasteiger partial charge in [-0.05, 0) is 13.3 Å². The number of rotatable bonds is 7. The molecule has 0 radical (unpaired) electrons. The Morgan fingerprint density at radius 2 is 2.28 bits per heavy atom. The zero-order valence-corrected chi connectivity index (χ0v) is 10.2. The Labute approximate surface area is 104 Å². The molecule has 1 unspecified atom stereocenters. The van der Waals surface area contributed by atoms with Gasteiger partial charge in [-0.2, -0.15) is 0 Å². The van der Waals surface area contributed by atoms with E-state index in [1.807, 2.05) is 0 Å². The van der Waals surface area contributed by atoms with E-state index >= 15 is 0 Å². The first-order valence-electron chi connectivity index (χ1n) is 5.68. The second kappa shape index (κ2) is 7.25. The van der Waals surface area contributed by atoms with Crippen LogP contribution in [-0.2, 0) is 11.3 Å². The van der Waals surface area contributed by atoms with E-state index in [0.29, 0.717) is 13.1 Å². The lowest BCUT2D eigenvalue weighted by molar-refractivity contribution is -0.137. The van der Waals surface area contributed by atoms with Gasteiger partial charge in [-0.1, -0.05) is 5.21 Å². The van der Waals surface area contributed by atoms with E-state index in [1.165, 1.54) is 0 Å². The van der Waals surface area contributed by atoms with Crippen LogP contribution in [0.5, 0.6) is 0 Å². The minimum atomic E-state index is -0.936. The first kappa shape index (κ1) is 13.9. The summed E-state index contributed by atoms with van der Waals surface area (Å²) in [5, 5.41) is 21.2. The maximum atomic E-state index is 11.3. The average Bonchev–Trinajstić information content (AvgIpc) is 2.75. The van der Waals surface area contributed by atoms with Crippen molar-refractivity contribution in [2.45, 2.75) is 32.4 Å². The predicted octanol–water partition coefficient (Wildman–Crippen LogP) is -0.169. The van der Waals surface area contributed by atoms with Gasteiger partial charge < -0.3 is 15.7 Å². The van der Waals surface area contributed by atoms with Crippen LogP contribution >= 0.6 is 0 Å². The predicted molar refractivity (Wildman–Crippen MR) is 62.9 cm³/mol. The molecule has 0 aliphatic heterocycles. The molecule has 0 aliphatic rings. The van der Waals surface area contributed by atoms with Crippen molar-refractivity contribution in [1.29, 1.82) is 0 Å². The largest absolute Gasteiger partial charge is 0.481 e. The Kier molecular flexibility index (Phi) is 5.62. The van der Waals surface area contributed by atoms with Crippen LogP contribution in [0.2, 0.25) is 0 Å². The van der Waals surface area contributed by atoms with Gasteiger partial charge in [0.1, 0.15) is 0 Å². The van der Waals surface area contributed by atoms with E-state index in [9.17, 15) is 9.59 Å². The highest BCUT2D eigenvalue weighted by molar-refractivity contribution is 5.75. The number of amides is 2. The monoisotopic (exact) mass is 255 g/mol. The second-order valence-corrected chi connectivity index (χ2v) is 3.92. The van der Waals surface area contributed by atoms with Crippen LogP contribution in [0, 0.1) is 0 Å². The molecular weight excluding hydrogens is 238 g/mol. The summed E-state index contributed by atoms with van der Waals surface area (Å²) in [4.78, 5) is 21.7. The van der Waals surface area contributed by atoms with Gasteiger partial charge >= 0.3 is 12.0 Å². The molecule has 100 valence electrons. The normalized spacial score (nSPS) is 11.8. The molecule has 18 heavy (non-hydrogen) atoms. The molecule has 1 aromatic rings. The fourth-order valence-corrected chi connectivity index (χ4v) is 1.38. The van der Waals surface area contributed by atoms with E-state index in [4.69, 9.17) is 5.11 Å². The molecule has 0 aromatic carbocycles. The molecule has 0 bridgehead atoms. The van der Waals surface area contributed by atoms with Crippen LogP contribution < -0.4 is 10.6 Å². The van der Waals surface area contributed by atoms with Crippen molar-refractivity contribution >= 4 is 12.0 Å². The van der Waals surface area contributed by atoms with Crippen LogP contribution in [0.4, 0.5) is 4.79 Å². The summed E-state index contributed by atoms with van der Waals surface area (Å²) in [5.41, 5.74) is 0. The summed E-state index contributed by atoms with van der Waals surface area (Å²) in [6.45, 7) is 2.81. The molecule has 3 N–H and O–H groups in total. The molecule has 1 rings (SSSR count). The van der Waals surface area contributed by atoms with Gasteiger partial charge in [0, 0.05) is 25.3 Å². The highest BCUT2D eigenvalue weighted by Gasteiger charge is 2.09. The van der Waals surface area contributed by atoms with Gasteiger partial charge in [-0.15, -0.1) is 5.10 Å². The number of nitrogens with one attached hydrogen (secondary N) is 2. The first-order chi connectivity index (χ1) is 8.58. The number of aryl methyl sites for hydroxylation is 1. The third-order valence-electron chi connectivity index (χ3n) is 2.18. The number of hydrogen-bond acceptors (Lipinski definition) is 4. The molecule has 0 saturated heterocycles. The molecule has 0 spiro atoms. The lowest BCUT2D eigenvalue weighted by atomic mass is 10.2. The zero-order chi connectivity index (χ0) is 13.4. The maximum Gasteiger partial charge on any atom is 0.315 e. The van der Waals surface area contributed by atoms with Crippen molar-refractivity contribution in [2.75, 3.05) is 6.54 Å². The number of aromatic nitrogens is 3. The number of carbonyl (C=O) groups excluding carboxylic acids is 1. The quantitative estimate of drug-likeness (QED) is 0.586. The molecule has 1 heterocycles. The second-order valence-electron chi connectivity index (χ2n) is 3.92. The standard InChI is InChI=1S/C10H17N5O3/c1-8(7-9(16)17)13-10(18)11-3-2-5-15-6-4-12-14-15/h4,6,8H,2-3,5,7H2,1H3,(H,16,17)(H2,11,13,18). The number of hydrogen-bond donors (Lipinski definition) is 3. The van der Waals surface area contributed by atoms with Gasteiger partial charge in [-0.3, -0.25) is 9.48 Å². The Balaban J connectivity index is 2.08. The summed E-state index contributed by atoms with van der Waals surface area (Å²) in [6.07, 6.45) is 3.97. The third kappa shape index (κ3) is 5.83. The maximum absolute atomic E-state index is 11.3. The van der Waals surface area contributed by atoms with Crippen molar-refractivity contribution in [3.8, 4) is 0 Å². The lowest BCUT2D eigenvalue weighted by Gasteiger charge is -2.12. The molecule has 2 amide bonds. The summed E-state index contributed by atoms with van der Waals surface area (Å²) < 4.78 is 1.67. The molecule has 8 nitrogen and oxygen atoms in total. The van der Waals surface area contributed by atoms with E-state index in [2.05, 4.69) is 20.9 Å². The van der Waals surface area contributed by atoms with Gasteiger partial charge in [0.25, 0.3) is 0 Å². The highest BCUT2D eigenvalue weighted by Crippen LogP contribution is 1.90. The Hall–Kier alpha value is -2.12. The van der Waals surface area contributed by atoms with Gasteiger partial charge in [0.15, 0.2) is 0 Å². The number of urea groups is 1. The fraction of sp³-hybridized carbons (Fsp3) is 0.600. The minimum Gasteiger partial charge on any atom is -0.481 e. The zero-order valence-electron chi connectivity index (χ0n) is 10.2. The molecule has 1 atom stereocenters. The SMILES string of the molecule is CC(CC(=O)O)NC(=O)NCCCn1ccnn1. The lowest BCUT2D eigenvalue weighted by Crippen LogP contribution is -2.42. The summed E-state index contributed by atoms with van der Waals surface area (Å²) in [7, 11) is 0. The average molecular weight is 255 g/mol. The van der Waals surface area contributed by atoms with Crippen molar-refractivity contribution < 1.29 is 14.7 Å². The molecule has 0 saturated carbocycles. The number of carbonyl (C=O) groups is 2. The summed E-state index contributed by atoms with van der Waals surface area (Å²) in [6, 6.07) is -0.750. The van der Waals surface area contributed by atoms with Crippen LogP contribution in [0.1, 0.15) is 19.8 Å². The fourth-order valence-electron chi connectivity index (χ4n) is 1.38. The molecule has 8 heteroatoms. The highest BCUT2D eigenvalue weighted by atomic mass is 16.4.